The molecule has 0 saturated carbocycles. The number of carboxylic acid groups (broad SMARTS) is 1. The van der Waals surface area contributed by atoms with Crippen molar-refractivity contribution in [1.29, 1.82) is 5.26 Å². The summed E-state index contributed by atoms with van der Waals surface area (Å²) in [5, 5.41) is 19.6. The maximum absolute atomic E-state index is 12.3. The van der Waals surface area contributed by atoms with Crippen LogP contribution in [-0.4, -0.2) is 32.0 Å². The average Bonchev–Trinajstić information content (AvgIpc) is 3.05. The number of carboxylic acids is 1. The Morgan fingerprint density at radius 2 is 2.21 bits per heavy atom. The summed E-state index contributed by atoms with van der Waals surface area (Å²) in [4.78, 5) is 16.6. The quantitative estimate of drug-likeness (QED) is 0.727. The minimum absolute atomic E-state index is 0.104. The fourth-order valence-electron chi connectivity index (χ4n) is 4.63. The van der Waals surface area contributed by atoms with Crippen molar-refractivity contribution >= 4 is 30.8 Å². The summed E-state index contributed by atoms with van der Waals surface area (Å²) in [7, 11) is 6.21. The maximum atomic E-state index is 12.3. The Morgan fingerprint density at radius 1 is 1.41 bits per heavy atom. The Hall–Kier alpha value is -2.26. The van der Waals surface area contributed by atoms with Crippen molar-refractivity contribution in [2.75, 3.05) is 18.0 Å². The van der Waals surface area contributed by atoms with E-state index in [9.17, 15) is 15.2 Å². The molecule has 1 aliphatic carbocycles. The molecule has 2 aromatic rings. The predicted molar refractivity (Wildman–Crippen MR) is 118 cm³/mol. The molecule has 0 bridgehead atoms. The van der Waals surface area contributed by atoms with Crippen LogP contribution in [0, 0.1) is 16.7 Å². The molecule has 2 radical (unpaired) electrons. The molecule has 1 aliphatic heterocycles. The maximum Gasteiger partial charge on any atom is 0.337 e. The topological polar surface area (TPSA) is 64.3 Å². The van der Waals surface area contributed by atoms with Gasteiger partial charge < -0.3 is 10.0 Å². The van der Waals surface area contributed by atoms with Gasteiger partial charge in [-0.1, -0.05) is 26.1 Å². The van der Waals surface area contributed by atoms with Crippen molar-refractivity contribution in [2.45, 2.75) is 51.8 Å². The molecule has 29 heavy (non-hydrogen) atoms. The van der Waals surface area contributed by atoms with Crippen LogP contribution in [0.5, 0.6) is 0 Å². The summed E-state index contributed by atoms with van der Waals surface area (Å²) in [5.74, 6) is -0.762. The monoisotopic (exact) mass is 404 g/mol. The molecule has 0 unspecified atom stereocenters. The Kier molecular flexibility index (Phi) is 5.20. The van der Waals surface area contributed by atoms with E-state index in [0.29, 0.717) is 11.1 Å². The first kappa shape index (κ1) is 20.0. The van der Waals surface area contributed by atoms with Gasteiger partial charge in [-0.2, -0.15) is 5.26 Å². The number of piperidine rings is 1. The third-order valence-electron chi connectivity index (χ3n) is 6.16. The molecule has 0 spiro atoms. The number of hydrogen-bond donors (Lipinski definition) is 1. The standard InChI is InChI=1S/C23H25BN2O2S/c1-23(2)8-7-19-17(11-23)20(22(27)28)21(29-19)16-10-14(12-25)5-6-18(16)26-9-3-4-15(24)13-26/h5-6,10,15H,3-4,7-9,11,13H2,1-2H3,(H,27,28)/t15-/m0/s1. The molecule has 2 aliphatic rings. The molecule has 6 heteroatoms. The van der Waals surface area contributed by atoms with Crippen LogP contribution in [0.4, 0.5) is 5.69 Å². The van der Waals surface area contributed by atoms with E-state index in [0.717, 1.165) is 66.9 Å². The van der Waals surface area contributed by atoms with E-state index in [1.165, 1.54) is 4.88 Å². The number of aromatic carboxylic acids is 1. The zero-order chi connectivity index (χ0) is 20.8. The highest BCUT2D eigenvalue weighted by Crippen LogP contribution is 2.47. The lowest BCUT2D eigenvalue weighted by atomic mass is 9.76. The normalized spacial score (nSPS) is 20.7. The molecular formula is C23H25BN2O2S. The lowest BCUT2D eigenvalue weighted by molar-refractivity contribution is 0.0696. The number of anilines is 1. The van der Waals surface area contributed by atoms with Gasteiger partial charge in [0, 0.05) is 29.2 Å². The molecule has 1 aromatic carbocycles. The predicted octanol–water partition coefficient (Wildman–Crippen LogP) is 5.06. The van der Waals surface area contributed by atoms with E-state index < -0.39 is 5.97 Å². The number of aryl methyl sites for hydroxylation is 1. The van der Waals surface area contributed by atoms with Gasteiger partial charge in [-0.25, -0.2) is 4.79 Å². The lowest BCUT2D eigenvalue weighted by Gasteiger charge is -2.34. The summed E-state index contributed by atoms with van der Waals surface area (Å²) in [6.45, 7) is 6.05. The van der Waals surface area contributed by atoms with Crippen molar-refractivity contribution in [3.8, 4) is 16.5 Å². The van der Waals surface area contributed by atoms with Crippen molar-refractivity contribution in [3.05, 3.63) is 39.8 Å². The van der Waals surface area contributed by atoms with Gasteiger partial charge in [0.15, 0.2) is 0 Å². The summed E-state index contributed by atoms with van der Waals surface area (Å²) in [6.07, 6.45) is 4.77. The SMILES string of the molecule is [B][C@H]1CCCN(c2ccc(C#N)cc2-c2sc3c(c2C(=O)O)CC(C)(C)CC3)C1. The van der Waals surface area contributed by atoms with E-state index in [-0.39, 0.29) is 11.2 Å². The minimum atomic E-state index is -0.876. The molecule has 148 valence electrons. The minimum Gasteiger partial charge on any atom is -0.478 e. The van der Waals surface area contributed by atoms with Crippen LogP contribution in [-0.2, 0) is 12.8 Å². The zero-order valence-electron chi connectivity index (χ0n) is 17.0. The smallest absolute Gasteiger partial charge is 0.337 e. The van der Waals surface area contributed by atoms with E-state index in [2.05, 4.69) is 24.8 Å². The molecule has 1 atom stereocenters. The molecule has 1 fully saturated rings. The van der Waals surface area contributed by atoms with E-state index in [1.54, 1.807) is 11.3 Å². The number of carbonyl (C=O) groups is 1. The fourth-order valence-corrected chi connectivity index (χ4v) is 5.96. The van der Waals surface area contributed by atoms with Crippen molar-refractivity contribution in [1.82, 2.24) is 0 Å². The first-order valence-electron chi connectivity index (χ1n) is 10.2. The average molecular weight is 404 g/mol. The highest BCUT2D eigenvalue weighted by atomic mass is 32.1. The van der Waals surface area contributed by atoms with Crippen LogP contribution >= 0.6 is 11.3 Å². The number of fused-ring (bicyclic) bond motifs is 1. The molecule has 1 aromatic heterocycles. The van der Waals surface area contributed by atoms with E-state index in [1.807, 2.05) is 18.2 Å². The second-order valence-corrected chi connectivity index (χ2v) is 10.2. The molecule has 0 amide bonds. The summed E-state index contributed by atoms with van der Waals surface area (Å²) in [5.41, 5.74) is 3.90. The highest BCUT2D eigenvalue weighted by molar-refractivity contribution is 7.16. The van der Waals surface area contributed by atoms with Gasteiger partial charge >= 0.3 is 5.97 Å². The molecule has 1 N–H and O–H groups in total. The Morgan fingerprint density at radius 3 is 2.90 bits per heavy atom. The Bertz CT molecular complexity index is 1010. The van der Waals surface area contributed by atoms with E-state index in [4.69, 9.17) is 7.85 Å². The number of nitrogens with zero attached hydrogens (tertiary/aromatic N) is 2. The third kappa shape index (κ3) is 3.81. The number of rotatable bonds is 3. The van der Waals surface area contributed by atoms with Crippen molar-refractivity contribution in [2.24, 2.45) is 5.41 Å². The van der Waals surface area contributed by atoms with E-state index >= 15 is 0 Å². The fraction of sp³-hybridized carbons (Fsp3) is 0.478. The van der Waals surface area contributed by atoms with Gasteiger partial charge in [0.05, 0.1) is 29.9 Å². The number of thiophene rings is 1. The van der Waals surface area contributed by atoms with Gasteiger partial charge in [0.1, 0.15) is 0 Å². The largest absolute Gasteiger partial charge is 0.478 e. The Balaban J connectivity index is 1.89. The van der Waals surface area contributed by atoms with Crippen LogP contribution in [0.3, 0.4) is 0 Å². The first-order chi connectivity index (χ1) is 13.8. The summed E-state index contributed by atoms with van der Waals surface area (Å²) < 4.78 is 0. The van der Waals surface area contributed by atoms with Gasteiger partial charge in [-0.3, -0.25) is 0 Å². The Labute approximate surface area is 177 Å². The van der Waals surface area contributed by atoms with Gasteiger partial charge in [-0.05, 0) is 54.9 Å². The van der Waals surface area contributed by atoms with Crippen LogP contribution < -0.4 is 4.90 Å². The van der Waals surface area contributed by atoms with Gasteiger partial charge in [-0.15, -0.1) is 11.3 Å². The molecule has 4 rings (SSSR count). The van der Waals surface area contributed by atoms with Crippen molar-refractivity contribution in [3.63, 3.8) is 0 Å². The summed E-state index contributed by atoms with van der Waals surface area (Å²) >= 11 is 1.59. The zero-order valence-corrected chi connectivity index (χ0v) is 17.8. The summed E-state index contributed by atoms with van der Waals surface area (Å²) in [6, 6.07) is 7.84. The second-order valence-electron chi connectivity index (χ2n) is 9.05. The van der Waals surface area contributed by atoms with Gasteiger partial charge in [0.25, 0.3) is 0 Å². The number of hydrogen-bond acceptors (Lipinski definition) is 4. The molecular weight excluding hydrogens is 379 g/mol. The third-order valence-corrected chi connectivity index (χ3v) is 7.48. The highest BCUT2D eigenvalue weighted by Gasteiger charge is 2.34. The van der Waals surface area contributed by atoms with Crippen LogP contribution in [0.15, 0.2) is 18.2 Å². The molecule has 2 heterocycles. The lowest BCUT2D eigenvalue weighted by Crippen LogP contribution is -2.33. The van der Waals surface area contributed by atoms with Gasteiger partial charge in [0.2, 0.25) is 0 Å². The second kappa shape index (κ2) is 7.53. The van der Waals surface area contributed by atoms with Crippen LogP contribution in [0.2, 0.25) is 5.82 Å². The van der Waals surface area contributed by atoms with Crippen LogP contribution in [0.1, 0.15) is 59.5 Å². The molecule has 1 saturated heterocycles. The molecule has 4 nitrogen and oxygen atoms in total. The van der Waals surface area contributed by atoms with Crippen LogP contribution in [0.25, 0.3) is 10.4 Å². The number of nitriles is 1. The van der Waals surface area contributed by atoms with Crippen molar-refractivity contribution < 1.29 is 9.90 Å². The number of benzene rings is 1. The first-order valence-corrected chi connectivity index (χ1v) is 11.0.